The van der Waals surface area contributed by atoms with Crippen LogP contribution in [-0.2, 0) is 0 Å². The molecule has 2 heterocycles. The molecular weight excluding hydrogens is 352 g/mol. The lowest BCUT2D eigenvalue weighted by Gasteiger charge is -2.09. The maximum atomic E-state index is 12.3. The highest BCUT2D eigenvalue weighted by molar-refractivity contribution is 7.12. The van der Waals surface area contributed by atoms with E-state index in [2.05, 4.69) is 43.4 Å². The molecule has 1 N–H and O–H groups in total. The zero-order valence-corrected chi connectivity index (χ0v) is 16.1. The molecule has 0 unspecified atom stereocenters. The largest absolute Gasteiger partial charge is 0.321 e. The summed E-state index contributed by atoms with van der Waals surface area (Å²) in [5.41, 5.74) is 4.93. The van der Waals surface area contributed by atoms with Crippen LogP contribution in [0.5, 0.6) is 0 Å². The van der Waals surface area contributed by atoms with Crippen molar-refractivity contribution in [3.8, 4) is 11.3 Å². The number of nitrogens with zero attached hydrogens (tertiary/aromatic N) is 1. The summed E-state index contributed by atoms with van der Waals surface area (Å²) in [5.74, 6) is 0.410. The predicted molar refractivity (Wildman–Crippen MR) is 114 cm³/mol. The summed E-state index contributed by atoms with van der Waals surface area (Å²) in [5, 5.41) is 6.00. The average Bonchev–Trinajstić information content (AvgIpc) is 3.22. The van der Waals surface area contributed by atoms with Crippen molar-refractivity contribution in [2.45, 2.75) is 19.8 Å². The maximum Gasteiger partial charge on any atom is 0.265 e. The fourth-order valence-corrected chi connectivity index (χ4v) is 3.64. The number of amides is 1. The van der Waals surface area contributed by atoms with Crippen molar-refractivity contribution in [2.75, 3.05) is 5.32 Å². The normalized spacial score (nSPS) is 11.1. The lowest BCUT2D eigenvalue weighted by molar-refractivity contribution is 0.103. The number of carbonyl (C=O) groups is 1. The first-order chi connectivity index (χ1) is 13.1. The number of rotatable bonds is 4. The number of thiophene rings is 1. The Kier molecular flexibility index (Phi) is 4.73. The molecule has 0 bridgehead atoms. The number of nitrogens with one attached hydrogen (secondary N) is 1. The number of anilines is 1. The third-order valence-corrected chi connectivity index (χ3v) is 5.41. The van der Waals surface area contributed by atoms with Gasteiger partial charge in [0.25, 0.3) is 5.91 Å². The molecule has 4 heteroatoms. The molecular formula is C23H20N2OS. The van der Waals surface area contributed by atoms with Gasteiger partial charge in [0.15, 0.2) is 0 Å². The molecule has 0 aliphatic rings. The molecule has 2 aromatic heterocycles. The molecule has 2 aromatic carbocycles. The van der Waals surface area contributed by atoms with Crippen LogP contribution in [-0.4, -0.2) is 10.9 Å². The van der Waals surface area contributed by atoms with Crippen LogP contribution in [0.4, 0.5) is 5.69 Å². The zero-order chi connectivity index (χ0) is 18.8. The highest BCUT2D eigenvalue weighted by atomic mass is 32.1. The molecule has 0 fully saturated rings. The summed E-state index contributed by atoms with van der Waals surface area (Å²) in [4.78, 5) is 17.8. The lowest BCUT2D eigenvalue weighted by atomic mass is 10.0. The standard InChI is InChI=1S/C23H20N2OS/c1-15(2)16-8-10-21-18(13-16)9-11-20(25-21)17-5-3-6-19(14-17)24-23(26)22-7-4-12-27-22/h3-15H,1-2H3,(H,24,26). The second-order valence-corrected chi connectivity index (χ2v) is 7.76. The fraction of sp³-hybridized carbons (Fsp3) is 0.130. The van der Waals surface area contributed by atoms with Crippen LogP contribution >= 0.6 is 11.3 Å². The van der Waals surface area contributed by atoms with Crippen LogP contribution in [0.25, 0.3) is 22.2 Å². The Morgan fingerprint density at radius 3 is 2.67 bits per heavy atom. The number of carbonyl (C=O) groups excluding carboxylic acids is 1. The van der Waals surface area contributed by atoms with Gasteiger partial charge in [0.1, 0.15) is 0 Å². The molecule has 0 aliphatic heterocycles. The number of benzene rings is 2. The van der Waals surface area contributed by atoms with Gasteiger partial charge in [0.05, 0.1) is 16.1 Å². The van der Waals surface area contributed by atoms with Crippen LogP contribution in [0.15, 0.2) is 72.1 Å². The van der Waals surface area contributed by atoms with Crippen molar-refractivity contribution in [1.29, 1.82) is 0 Å². The number of aromatic nitrogens is 1. The van der Waals surface area contributed by atoms with Crippen molar-refractivity contribution < 1.29 is 4.79 Å². The molecule has 4 aromatic rings. The van der Waals surface area contributed by atoms with E-state index in [0.717, 1.165) is 27.8 Å². The van der Waals surface area contributed by atoms with E-state index in [1.807, 2.05) is 47.8 Å². The minimum atomic E-state index is -0.0881. The molecule has 4 rings (SSSR count). The van der Waals surface area contributed by atoms with Gasteiger partial charge in [-0.15, -0.1) is 11.3 Å². The first kappa shape index (κ1) is 17.4. The smallest absolute Gasteiger partial charge is 0.265 e. The van der Waals surface area contributed by atoms with E-state index in [1.54, 1.807) is 0 Å². The third kappa shape index (κ3) is 3.76. The molecule has 0 saturated carbocycles. The first-order valence-corrected chi connectivity index (χ1v) is 9.84. The molecule has 1 amide bonds. The van der Waals surface area contributed by atoms with Gasteiger partial charge >= 0.3 is 0 Å². The molecule has 0 aliphatic carbocycles. The van der Waals surface area contributed by atoms with E-state index in [1.165, 1.54) is 16.9 Å². The minimum absolute atomic E-state index is 0.0881. The van der Waals surface area contributed by atoms with Crippen LogP contribution in [0.2, 0.25) is 0 Å². The zero-order valence-electron chi connectivity index (χ0n) is 15.3. The van der Waals surface area contributed by atoms with Gasteiger partial charge in [-0.2, -0.15) is 0 Å². The maximum absolute atomic E-state index is 12.3. The second-order valence-electron chi connectivity index (χ2n) is 6.82. The summed E-state index contributed by atoms with van der Waals surface area (Å²) in [6.07, 6.45) is 0. The van der Waals surface area contributed by atoms with Crippen LogP contribution in [0.1, 0.15) is 35.0 Å². The van der Waals surface area contributed by atoms with Gasteiger partial charge in [0, 0.05) is 16.6 Å². The summed E-state index contributed by atoms with van der Waals surface area (Å²) in [6.45, 7) is 4.39. The predicted octanol–water partition coefficient (Wildman–Crippen LogP) is 6.34. The molecule has 0 saturated heterocycles. The Balaban J connectivity index is 1.63. The Hall–Kier alpha value is -2.98. The average molecular weight is 372 g/mol. The van der Waals surface area contributed by atoms with Crippen molar-refractivity contribution in [2.24, 2.45) is 0 Å². The number of hydrogen-bond acceptors (Lipinski definition) is 3. The fourth-order valence-electron chi connectivity index (χ4n) is 3.02. The van der Waals surface area contributed by atoms with E-state index >= 15 is 0 Å². The van der Waals surface area contributed by atoms with E-state index in [9.17, 15) is 4.79 Å². The molecule has 0 atom stereocenters. The SMILES string of the molecule is CC(C)c1ccc2nc(-c3cccc(NC(=O)c4cccs4)c3)ccc2c1. The van der Waals surface area contributed by atoms with Gasteiger partial charge in [-0.25, -0.2) is 4.98 Å². The summed E-state index contributed by atoms with van der Waals surface area (Å²) >= 11 is 1.43. The number of pyridine rings is 1. The minimum Gasteiger partial charge on any atom is -0.321 e. The monoisotopic (exact) mass is 372 g/mol. The quantitative estimate of drug-likeness (QED) is 0.454. The molecule has 0 radical (unpaired) electrons. The first-order valence-electron chi connectivity index (χ1n) is 8.96. The Labute approximate surface area is 162 Å². The van der Waals surface area contributed by atoms with Crippen LogP contribution in [0, 0.1) is 0 Å². The summed E-state index contributed by atoms with van der Waals surface area (Å²) in [6, 6.07) is 22.1. The van der Waals surface area contributed by atoms with Crippen molar-refractivity contribution >= 4 is 33.8 Å². The molecule has 3 nitrogen and oxygen atoms in total. The van der Waals surface area contributed by atoms with Crippen molar-refractivity contribution in [3.63, 3.8) is 0 Å². The van der Waals surface area contributed by atoms with E-state index in [-0.39, 0.29) is 5.91 Å². The molecule has 0 spiro atoms. The van der Waals surface area contributed by atoms with E-state index in [4.69, 9.17) is 4.98 Å². The molecule has 134 valence electrons. The summed E-state index contributed by atoms with van der Waals surface area (Å²) < 4.78 is 0. The summed E-state index contributed by atoms with van der Waals surface area (Å²) in [7, 11) is 0. The van der Waals surface area contributed by atoms with Crippen molar-refractivity contribution in [1.82, 2.24) is 4.98 Å². The van der Waals surface area contributed by atoms with E-state index in [0.29, 0.717) is 10.8 Å². The highest BCUT2D eigenvalue weighted by Gasteiger charge is 2.09. The van der Waals surface area contributed by atoms with Gasteiger partial charge in [-0.3, -0.25) is 4.79 Å². The second kappa shape index (κ2) is 7.33. The third-order valence-electron chi connectivity index (χ3n) is 4.54. The van der Waals surface area contributed by atoms with E-state index < -0.39 is 0 Å². The van der Waals surface area contributed by atoms with Gasteiger partial charge in [0.2, 0.25) is 0 Å². The molecule has 27 heavy (non-hydrogen) atoms. The number of hydrogen-bond donors (Lipinski definition) is 1. The Morgan fingerprint density at radius 2 is 1.89 bits per heavy atom. The van der Waals surface area contributed by atoms with Crippen LogP contribution < -0.4 is 5.32 Å². The Morgan fingerprint density at radius 1 is 1.00 bits per heavy atom. The van der Waals surface area contributed by atoms with Crippen molar-refractivity contribution in [3.05, 3.63) is 82.6 Å². The Bertz CT molecular complexity index is 1100. The topological polar surface area (TPSA) is 42.0 Å². The van der Waals surface area contributed by atoms with Crippen LogP contribution in [0.3, 0.4) is 0 Å². The van der Waals surface area contributed by atoms with Gasteiger partial charge in [-0.05, 0) is 53.3 Å². The lowest BCUT2D eigenvalue weighted by Crippen LogP contribution is -2.09. The highest BCUT2D eigenvalue weighted by Crippen LogP contribution is 2.26. The van der Waals surface area contributed by atoms with Gasteiger partial charge < -0.3 is 5.32 Å². The number of fused-ring (bicyclic) bond motifs is 1. The van der Waals surface area contributed by atoms with Gasteiger partial charge in [-0.1, -0.05) is 44.2 Å².